The molecule has 0 N–H and O–H groups in total. The molecule has 0 bridgehead atoms. The summed E-state index contributed by atoms with van der Waals surface area (Å²) >= 11 is 0. The van der Waals surface area contributed by atoms with Gasteiger partial charge in [-0.05, 0) is 184 Å². The van der Waals surface area contributed by atoms with Crippen LogP contribution in [0.2, 0.25) is 0 Å². The van der Waals surface area contributed by atoms with Crippen molar-refractivity contribution in [3.05, 3.63) is 427 Å². The molecule has 1 unspecified atom stereocenters. The monoisotopic (exact) mass is 1520 g/mol. The first kappa shape index (κ1) is 69.4. The first-order valence-electron chi connectivity index (χ1n) is 41.3. The Morgan fingerprint density at radius 2 is 1.07 bits per heavy atom. The lowest BCUT2D eigenvalue weighted by Gasteiger charge is -2.34. The lowest BCUT2D eigenvalue weighted by molar-refractivity contribution is 0.670. The van der Waals surface area contributed by atoms with E-state index in [0.717, 1.165) is 177 Å². The number of hydrogen-bond acceptors (Lipinski definition) is 6. The summed E-state index contributed by atoms with van der Waals surface area (Å²) in [6.45, 7) is 7.43. The fraction of sp³-hybridized carbons (Fsp3) is 0.0531. The maximum Gasteiger partial charge on any atom is 0.159 e. The number of furan rings is 2. The Bertz CT molecular complexity index is 7780. The predicted octanol–water partition coefficient (Wildman–Crippen LogP) is 29.1. The molecule has 6 heteroatoms. The fourth-order valence-electron chi connectivity index (χ4n) is 19.4. The number of rotatable bonds is 13. The van der Waals surface area contributed by atoms with Crippen LogP contribution in [0.1, 0.15) is 47.6 Å². The number of allylic oxidation sites excluding steroid dienone is 2. The number of hydrogen-bond donors (Lipinski definition) is 0. The molecule has 0 spiro atoms. The van der Waals surface area contributed by atoms with E-state index in [4.69, 9.17) is 13.8 Å². The van der Waals surface area contributed by atoms with E-state index in [-0.39, 0.29) is 6.04 Å². The Kier molecular flexibility index (Phi) is 16.4. The topological polar surface area (TPSA) is 48.4 Å². The van der Waals surface area contributed by atoms with Crippen LogP contribution in [0.15, 0.2) is 402 Å². The number of anilines is 6. The van der Waals surface area contributed by atoms with E-state index in [9.17, 15) is 0 Å². The summed E-state index contributed by atoms with van der Waals surface area (Å²) in [6, 6.07) is 133. The van der Waals surface area contributed by atoms with Gasteiger partial charge in [-0.15, -0.1) is 0 Å². The van der Waals surface area contributed by atoms with E-state index in [1.54, 1.807) is 0 Å². The van der Waals surface area contributed by atoms with Gasteiger partial charge in [-0.3, -0.25) is 0 Å². The molecule has 1 aliphatic carbocycles. The zero-order valence-electron chi connectivity index (χ0n) is 66.0. The van der Waals surface area contributed by atoms with Crippen LogP contribution in [0.3, 0.4) is 0 Å². The minimum absolute atomic E-state index is 0.191. The minimum Gasteiger partial charge on any atom is -0.455 e. The highest BCUT2D eigenvalue weighted by molar-refractivity contribution is 6.42. The molecule has 0 amide bonds. The van der Waals surface area contributed by atoms with E-state index in [0.29, 0.717) is 12.5 Å². The van der Waals surface area contributed by atoms with Crippen molar-refractivity contribution in [3.8, 4) is 55.6 Å². The standard InChI is InChI=1S/C113H78N4O2/c1-70(2)72-52-56-76(57-53-72)94-66-95-106(108-93-47-28-50-99(111(93)119-112(94)108)117(83-39-17-8-18-40-83)100-64-79-36-27-46-87(75-31-11-5-12-32-75)103(79)91-45-22-21-44-90(91)100)109-96(104(77-58-54-74(55-59-77)73-29-9-4-10-30-73)107(95)110(78-33-13-6-14-34-78)114-82-37-15-7-16-38-82)67-101(116-69-81-63-71(3)51-61-86(81)89-43-24-26-49-98(89)116)105-92-62-60-84(65-102(92)118-113(105)109)115-68-80-35-19-20-41-85(80)88-42-23-25-48-97(88)115/h4-67,69-70,98H,68H2,1-3H3. The summed E-state index contributed by atoms with van der Waals surface area (Å²) < 4.78 is 16.5. The van der Waals surface area contributed by atoms with Crippen molar-refractivity contribution in [1.29, 1.82) is 0 Å². The maximum atomic E-state index is 8.27. The third-order valence-electron chi connectivity index (χ3n) is 24.9. The van der Waals surface area contributed by atoms with E-state index < -0.39 is 0 Å². The Labute approximate surface area is 689 Å². The molecule has 2 aromatic heterocycles. The largest absolute Gasteiger partial charge is 0.455 e. The highest BCUT2D eigenvalue weighted by Crippen LogP contribution is 2.57. The van der Waals surface area contributed by atoms with Crippen LogP contribution in [0.5, 0.6) is 0 Å². The molecule has 6 nitrogen and oxygen atoms in total. The third-order valence-corrected chi connectivity index (χ3v) is 24.9. The van der Waals surface area contributed by atoms with Gasteiger partial charge in [0.25, 0.3) is 0 Å². The second kappa shape index (κ2) is 28.1. The summed E-state index contributed by atoms with van der Waals surface area (Å²) in [5, 5.41) is 14.8. The minimum atomic E-state index is -0.191. The van der Waals surface area contributed by atoms with Crippen molar-refractivity contribution in [2.24, 2.45) is 4.99 Å². The summed E-state index contributed by atoms with van der Waals surface area (Å²) in [5.41, 5.74) is 28.7. The molecule has 2 aliphatic heterocycles. The van der Waals surface area contributed by atoms with Gasteiger partial charge in [-0.25, -0.2) is 4.99 Å². The van der Waals surface area contributed by atoms with Crippen LogP contribution < -0.4 is 25.1 Å². The van der Waals surface area contributed by atoms with E-state index >= 15 is 0 Å². The summed E-state index contributed by atoms with van der Waals surface area (Å²) in [5.74, 6) is 0.294. The molecule has 4 heterocycles. The van der Waals surface area contributed by atoms with E-state index in [1.807, 2.05) is 0 Å². The van der Waals surface area contributed by atoms with E-state index in [1.165, 1.54) is 55.1 Å². The second-order valence-corrected chi connectivity index (χ2v) is 32.2. The maximum absolute atomic E-state index is 8.27. The lowest BCUT2D eigenvalue weighted by Crippen LogP contribution is -2.44. The molecule has 23 rings (SSSR count). The van der Waals surface area contributed by atoms with Crippen LogP contribution >= 0.6 is 0 Å². The number of aliphatic imine (C=N–C) groups is 1. The molecule has 0 saturated heterocycles. The average molecular weight is 1520 g/mol. The number of para-hydroxylation sites is 4. The Hall–Kier alpha value is -15.1. The molecule has 0 fully saturated rings. The summed E-state index contributed by atoms with van der Waals surface area (Å²) in [7, 11) is 0. The van der Waals surface area contributed by atoms with Crippen molar-refractivity contribution in [3.63, 3.8) is 0 Å². The number of fused-ring (bicyclic) bond motifs is 19. The molecule has 18 aromatic carbocycles. The zero-order chi connectivity index (χ0) is 78.9. The van der Waals surface area contributed by atoms with Gasteiger partial charge < -0.3 is 23.5 Å². The fourth-order valence-corrected chi connectivity index (χ4v) is 19.4. The molecule has 20 aromatic rings. The molecular weight excluding hydrogens is 1450 g/mol. The molecule has 562 valence electrons. The molecular formula is C113H78N4O2. The Balaban J connectivity index is 0.922. The van der Waals surface area contributed by atoms with E-state index in [2.05, 4.69) is 430 Å². The van der Waals surface area contributed by atoms with Gasteiger partial charge in [-0.2, -0.15) is 0 Å². The van der Waals surface area contributed by atoms with Crippen LogP contribution in [-0.4, -0.2) is 11.8 Å². The normalized spacial score (nSPS) is 13.8. The second-order valence-electron chi connectivity index (χ2n) is 32.2. The number of benzene rings is 18. The van der Waals surface area contributed by atoms with Crippen LogP contribution in [-0.2, 0) is 6.54 Å². The van der Waals surface area contributed by atoms with Gasteiger partial charge in [0, 0.05) is 90.4 Å². The lowest BCUT2D eigenvalue weighted by atomic mass is 9.81. The van der Waals surface area contributed by atoms with Crippen molar-refractivity contribution in [1.82, 2.24) is 0 Å². The molecule has 119 heavy (non-hydrogen) atoms. The van der Waals surface area contributed by atoms with Gasteiger partial charge in [0.05, 0.1) is 39.9 Å². The van der Waals surface area contributed by atoms with Crippen molar-refractivity contribution in [2.45, 2.75) is 39.3 Å². The Morgan fingerprint density at radius 1 is 0.420 bits per heavy atom. The summed E-state index contributed by atoms with van der Waals surface area (Å²) in [4.78, 5) is 13.5. The number of nitrogens with zero attached hydrogens (tertiary/aromatic N) is 4. The van der Waals surface area contributed by atoms with Crippen LogP contribution in [0.25, 0.3) is 154 Å². The number of aryl methyl sites for hydroxylation is 1. The quantitative estimate of drug-likeness (QED) is 0.0850. The molecule has 3 aliphatic rings. The molecule has 0 radical (unpaired) electrons. The first-order chi connectivity index (χ1) is 58.8. The Morgan fingerprint density at radius 3 is 1.86 bits per heavy atom. The van der Waals surface area contributed by atoms with Gasteiger partial charge >= 0.3 is 0 Å². The average Bonchev–Trinajstić information content (AvgIpc) is 1.60. The van der Waals surface area contributed by atoms with Gasteiger partial charge in [0.1, 0.15) is 16.7 Å². The summed E-state index contributed by atoms with van der Waals surface area (Å²) in [6.07, 6.45) is 11.5. The highest BCUT2D eigenvalue weighted by atomic mass is 16.3. The van der Waals surface area contributed by atoms with Crippen LogP contribution in [0, 0.1) is 6.92 Å². The zero-order valence-corrected chi connectivity index (χ0v) is 66.0. The van der Waals surface area contributed by atoms with Gasteiger partial charge in [-0.1, -0.05) is 329 Å². The van der Waals surface area contributed by atoms with Crippen LogP contribution in [0.4, 0.5) is 39.8 Å². The highest BCUT2D eigenvalue weighted by Gasteiger charge is 2.35. The smallest absolute Gasteiger partial charge is 0.159 e. The third kappa shape index (κ3) is 11.4. The van der Waals surface area contributed by atoms with Crippen molar-refractivity contribution >= 4 is 144 Å². The predicted molar refractivity (Wildman–Crippen MR) is 500 cm³/mol. The van der Waals surface area contributed by atoms with Crippen molar-refractivity contribution in [2.75, 3.05) is 14.7 Å². The molecule has 0 saturated carbocycles. The van der Waals surface area contributed by atoms with Crippen molar-refractivity contribution < 1.29 is 8.83 Å². The first-order valence-corrected chi connectivity index (χ1v) is 41.3. The molecule has 1 atom stereocenters. The van der Waals surface area contributed by atoms with Gasteiger partial charge in [0.2, 0.25) is 0 Å². The SMILES string of the molecule is Cc1ccc2c(c1)=CN(c1cc3c(-c4ccc(-c5ccccc5)cc4)c(C(=Nc4ccccc4)c4ccccc4)c4cc(-c5ccc(C(C)C)cc5)c5oc6c(N(c7ccccc7)c7cc8cccc(-c9ccccc9)c8c8ccccc78)cccc6c5c4c3c3oc4cc(N5Cc6ccccc6-c6ccccc65)ccc4c13)C1C=CC=CC=21. The van der Waals surface area contributed by atoms with Gasteiger partial charge in [0.15, 0.2) is 5.58 Å².